The number of rotatable bonds is 5. The molecule has 0 radical (unpaired) electrons. The topological polar surface area (TPSA) is 46.2 Å². The fourth-order valence-corrected chi connectivity index (χ4v) is 5.15. The molecule has 1 aromatic rings. The standard InChI is InChI=1S/C14H23NO2S2/c1-3-15-14(13-8-5-9-18-13)11-6-4-7-12(10-11)19(2,16)17/h5,8-9,11-12,14-15H,3-4,6-7,10H2,1-2H3. The molecule has 0 amide bonds. The number of hydrogen-bond donors (Lipinski definition) is 1. The molecule has 0 saturated heterocycles. The van der Waals surface area contributed by atoms with Gasteiger partial charge in [0, 0.05) is 17.2 Å². The molecule has 1 fully saturated rings. The first-order valence-corrected chi connectivity index (χ1v) is 9.81. The summed E-state index contributed by atoms with van der Waals surface area (Å²) < 4.78 is 23.6. The molecule has 5 heteroatoms. The Morgan fingerprint density at radius 3 is 2.84 bits per heavy atom. The minimum Gasteiger partial charge on any atom is -0.309 e. The fraction of sp³-hybridized carbons (Fsp3) is 0.714. The van der Waals surface area contributed by atoms with E-state index >= 15 is 0 Å². The molecule has 3 atom stereocenters. The Labute approximate surface area is 120 Å². The second kappa shape index (κ2) is 6.37. The predicted octanol–water partition coefficient (Wildman–Crippen LogP) is 3.00. The summed E-state index contributed by atoms with van der Waals surface area (Å²) in [5.41, 5.74) is 0. The highest BCUT2D eigenvalue weighted by Gasteiger charge is 2.33. The Morgan fingerprint density at radius 1 is 1.47 bits per heavy atom. The Kier molecular flexibility index (Phi) is 5.03. The highest BCUT2D eigenvalue weighted by molar-refractivity contribution is 7.91. The molecule has 1 aliphatic rings. The molecule has 1 N–H and O–H groups in total. The molecule has 3 unspecified atom stereocenters. The third-order valence-electron chi connectivity index (χ3n) is 4.02. The molecule has 0 aliphatic heterocycles. The fourth-order valence-electron chi connectivity index (χ4n) is 3.06. The molecule has 108 valence electrons. The largest absolute Gasteiger partial charge is 0.309 e. The van der Waals surface area contributed by atoms with Crippen molar-refractivity contribution in [3.05, 3.63) is 22.4 Å². The van der Waals surface area contributed by atoms with Crippen molar-refractivity contribution in [1.29, 1.82) is 0 Å². The van der Waals surface area contributed by atoms with Gasteiger partial charge in [-0.1, -0.05) is 19.4 Å². The van der Waals surface area contributed by atoms with Crippen LogP contribution in [-0.4, -0.2) is 26.5 Å². The van der Waals surface area contributed by atoms with Crippen molar-refractivity contribution in [2.75, 3.05) is 12.8 Å². The van der Waals surface area contributed by atoms with Crippen LogP contribution in [0.4, 0.5) is 0 Å². The van der Waals surface area contributed by atoms with E-state index in [-0.39, 0.29) is 5.25 Å². The van der Waals surface area contributed by atoms with E-state index in [4.69, 9.17) is 0 Å². The minimum absolute atomic E-state index is 0.146. The van der Waals surface area contributed by atoms with Gasteiger partial charge in [-0.3, -0.25) is 0 Å². The van der Waals surface area contributed by atoms with Crippen molar-refractivity contribution in [2.24, 2.45) is 5.92 Å². The van der Waals surface area contributed by atoms with Crippen LogP contribution in [0.2, 0.25) is 0 Å². The predicted molar refractivity (Wildman–Crippen MR) is 81.3 cm³/mol. The summed E-state index contributed by atoms with van der Waals surface area (Å²) in [4.78, 5) is 1.33. The summed E-state index contributed by atoms with van der Waals surface area (Å²) in [6.07, 6.45) is 5.16. The van der Waals surface area contributed by atoms with Crippen molar-refractivity contribution in [2.45, 2.75) is 43.9 Å². The van der Waals surface area contributed by atoms with Crippen molar-refractivity contribution < 1.29 is 8.42 Å². The van der Waals surface area contributed by atoms with Crippen molar-refractivity contribution in [3.8, 4) is 0 Å². The molecule has 0 bridgehead atoms. The van der Waals surface area contributed by atoms with E-state index in [0.717, 1.165) is 32.2 Å². The van der Waals surface area contributed by atoms with Crippen LogP contribution in [-0.2, 0) is 9.84 Å². The molecule has 1 aliphatic carbocycles. The second-order valence-electron chi connectivity index (χ2n) is 5.43. The summed E-state index contributed by atoms with van der Waals surface area (Å²) >= 11 is 1.76. The van der Waals surface area contributed by atoms with E-state index in [1.807, 2.05) is 0 Å². The normalized spacial score (nSPS) is 26.2. The van der Waals surface area contributed by atoms with Crippen molar-refractivity contribution in [3.63, 3.8) is 0 Å². The Balaban J connectivity index is 2.13. The first kappa shape index (κ1) is 15.0. The van der Waals surface area contributed by atoms with E-state index in [2.05, 4.69) is 29.8 Å². The summed E-state index contributed by atoms with van der Waals surface area (Å²) in [6.45, 7) is 3.03. The third-order valence-corrected chi connectivity index (χ3v) is 6.61. The molecule has 19 heavy (non-hydrogen) atoms. The Hall–Kier alpha value is -0.390. The molecular formula is C14H23NO2S2. The molecule has 0 aromatic carbocycles. The van der Waals surface area contributed by atoms with Gasteiger partial charge < -0.3 is 5.32 Å². The number of nitrogens with one attached hydrogen (secondary N) is 1. The average molecular weight is 301 g/mol. The van der Waals surface area contributed by atoms with Crippen LogP contribution in [0.25, 0.3) is 0 Å². The van der Waals surface area contributed by atoms with E-state index in [1.165, 1.54) is 11.1 Å². The van der Waals surface area contributed by atoms with E-state index in [1.54, 1.807) is 11.3 Å². The smallest absolute Gasteiger partial charge is 0.150 e. The molecule has 1 heterocycles. The maximum absolute atomic E-state index is 11.8. The molecule has 2 rings (SSSR count). The van der Waals surface area contributed by atoms with Gasteiger partial charge in [0.05, 0.1) is 5.25 Å². The van der Waals surface area contributed by atoms with Crippen LogP contribution < -0.4 is 5.32 Å². The van der Waals surface area contributed by atoms with Gasteiger partial charge in [-0.25, -0.2) is 8.42 Å². The van der Waals surface area contributed by atoms with Crippen LogP contribution in [0.5, 0.6) is 0 Å². The van der Waals surface area contributed by atoms with Crippen LogP contribution in [0.15, 0.2) is 17.5 Å². The quantitative estimate of drug-likeness (QED) is 0.909. The van der Waals surface area contributed by atoms with E-state index < -0.39 is 9.84 Å². The number of hydrogen-bond acceptors (Lipinski definition) is 4. The van der Waals surface area contributed by atoms with Crippen molar-refractivity contribution in [1.82, 2.24) is 5.32 Å². The van der Waals surface area contributed by atoms with E-state index in [0.29, 0.717) is 12.0 Å². The van der Waals surface area contributed by atoms with Gasteiger partial charge in [0.15, 0.2) is 0 Å². The van der Waals surface area contributed by atoms with Gasteiger partial charge >= 0.3 is 0 Å². The van der Waals surface area contributed by atoms with E-state index in [9.17, 15) is 8.42 Å². The highest BCUT2D eigenvalue weighted by Crippen LogP contribution is 2.38. The lowest BCUT2D eigenvalue weighted by atomic mass is 9.83. The van der Waals surface area contributed by atoms with Crippen LogP contribution in [0, 0.1) is 5.92 Å². The SMILES string of the molecule is CCNC(c1cccs1)C1CCCC(S(C)(=O)=O)C1. The first-order chi connectivity index (χ1) is 9.02. The molecule has 1 saturated carbocycles. The lowest BCUT2D eigenvalue weighted by molar-refractivity contribution is 0.278. The second-order valence-corrected chi connectivity index (χ2v) is 8.73. The average Bonchev–Trinajstić information content (AvgIpc) is 2.88. The monoisotopic (exact) mass is 301 g/mol. The third kappa shape index (κ3) is 3.80. The van der Waals surface area contributed by atoms with Gasteiger partial charge in [0.1, 0.15) is 9.84 Å². The Bertz CT molecular complexity index is 482. The lowest BCUT2D eigenvalue weighted by Crippen LogP contribution is -2.35. The van der Waals surface area contributed by atoms with Gasteiger partial charge in [-0.15, -0.1) is 11.3 Å². The van der Waals surface area contributed by atoms with Gasteiger partial charge in [-0.2, -0.15) is 0 Å². The molecule has 3 nitrogen and oxygen atoms in total. The summed E-state index contributed by atoms with van der Waals surface area (Å²) in [5.74, 6) is 0.437. The zero-order valence-electron chi connectivity index (χ0n) is 11.6. The van der Waals surface area contributed by atoms with Crippen LogP contribution >= 0.6 is 11.3 Å². The zero-order chi connectivity index (χ0) is 13.9. The zero-order valence-corrected chi connectivity index (χ0v) is 13.3. The lowest BCUT2D eigenvalue weighted by Gasteiger charge is -2.34. The number of thiophene rings is 1. The van der Waals surface area contributed by atoms with Crippen LogP contribution in [0.3, 0.4) is 0 Å². The molecule has 1 aromatic heterocycles. The van der Waals surface area contributed by atoms with Crippen LogP contribution in [0.1, 0.15) is 43.5 Å². The van der Waals surface area contributed by atoms with Gasteiger partial charge in [0.25, 0.3) is 0 Å². The van der Waals surface area contributed by atoms with Gasteiger partial charge in [0.2, 0.25) is 0 Å². The maximum Gasteiger partial charge on any atom is 0.150 e. The summed E-state index contributed by atoms with van der Waals surface area (Å²) in [7, 11) is -2.90. The molecule has 0 spiro atoms. The minimum atomic E-state index is -2.90. The van der Waals surface area contributed by atoms with Gasteiger partial charge in [-0.05, 0) is 43.2 Å². The maximum atomic E-state index is 11.8. The first-order valence-electron chi connectivity index (χ1n) is 6.98. The Morgan fingerprint density at radius 2 is 2.26 bits per heavy atom. The summed E-state index contributed by atoms with van der Waals surface area (Å²) in [5, 5.41) is 5.49. The van der Waals surface area contributed by atoms with Crippen molar-refractivity contribution >= 4 is 21.2 Å². The molecular weight excluding hydrogens is 278 g/mol. The highest BCUT2D eigenvalue weighted by atomic mass is 32.2. The summed E-state index contributed by atoms with van der Waals surface area (Å²) in [6, 6.07) is 4.54. The number of sulfone groups is 1.